The van der Waals surface area contributed by atoms with Gasteiger partial charge in [-0.2, -0.15) is 0 Å². The molecule has 0 aliphatic carbocycles. The predicted molar refractivity (Wildman–Crippen MR) is 207 cm³/mol. The molecule has 0 spiro atoms. The van der Waals surface area contributed by atoms with Gasteiger partial charge in [-0.3, -0.25) is 19.4 Å². The largest absolute Gasteiger partial charge is 0.444 e. The molecule has 1 aromatic heterocycles. The van der Waals surface area contributed by atoms with Crippen molar-refractivity contribution in [2.45, 2.75) is 129 Å². The summed E-state index contributed by atoms with van der Waals surface area (Å²) in [5.74, 6) is -0.372. The van der Waals surface area contributed by atoms with E-state index in [9.17, 15) is 14.0 Å². The fourth-order valence-corrected chi connectivity index (χ4v) is 8.34. The van der Waals surface area contributed by atoms with Crippen LogP contribution in [0, 0.1) is 5.82 Å². The van der Waals surface area contributed by atoms with Crippen molar-refractivity contribution in [3.63, 3.8) is 0 Å². The molecule has 0 N–H and O–H groups in total. The summed E-state index contributed by atoms with van der Waals surface area (Å²) in [5, 5.41) is 3.16. The van der Waals surface area contributed by atoms with Crippen LogP contribution in [0.15, 0.2) is 41.8 Å². The lowest BCUT2D eigenvalue weighted by Crippen LogP contribution is -2.47. The number of carbonyl (C=O) groups excluding carboxylic acids is 2. The number of amides is 1. The van der Waals surface area contributed by atoms with Gasteiger partial charge in [-0.15, -0.1) is 11.3 Å². The van der Waals surface area contributed by atoms with Crippen molar-refractivity contribution in [3.05, 3.63) is 58.7 Å². The van der Waals surface area contributed by atoms with E-state index in [4.69, 9.17) is 4.74 Å². The van der Waals surface area contributed by atoms with Crippen LogP contribution in [-0.2, 0) is 27.2 Å². The summed E-state index contributed by atoms with van der Waals surface area (Å²) in [6, 6.07) is 11.8. The van der Waals surface area contributed by atoms with Crippen molar-refractivity contribution >= 4 is 44.7 Å². The number of anilines is 2. The normalized spacial score (nSPS) is 15.2. The van der Waals surface area contributed by atoms with Crippen molar-refractivity contribution < 1.29 is 18.7 Å². The van der Waals surface area contributed by atoms with E-state index in [0.717, 1.165) is 85.4 Å². The van der Waals surface area contributed by atoms with Gasteiger partial charge >= 0.3 is 5.97 Å². The first-order valence-electron chi connectivity index (χ1n) is 19.7. The molecule has 2 aromatic carbocycles. The predicted octanol–water partition coefficient (Wildman–Crippen LogP) is 10.4. The van der Waals surface area contributed by atoms with Crippen molar-refractivity contribution in [2.75, 3.05) is 49.3 Å². The molecule has 1 amide bonds. The molecule has 1 saturated heterocycles. The number of ether oxygens (including phenoxy) is 1. The average Bonchev–Trinajstić information content (AvgIpc) is 3.60. The molecule has 0 unspecified atom stereocenters. The highest BCUT2D eigenvalue weighted by Crippen LogP contribution is 2.33. The number of piperazine rings is 1. The number of benzene rings is 2. The third-order valence-corrected chi connectivity index (χ3v) is 11.5. The number of esters is 1. The molecule has 0 bridgehead atoms. The molecule has 5 rings (SSSR count). The van der Waals surface area contributed by atoms with Gasteiger partial charge in [0.1, 0.15) is 5.82 Å². The van der Waals surface area contributed by atoms with E-state index in [0.29, 0.717) is 12.8 Å². The van der Waals surface area contributed by atoms with Gasteiger partial charge in [-0.1, -0.05) is 109 Å². The van der Waals surface area contributed by atoms with Crippen LogP contribution in [0.1, 0.15) is 127 Å². The van der Waals surface area contributed by atoms with E-state index in [2.05, 4.69) is 41.0 Å². The lowest BCUT2D eigenvalue weighted by Gasteiger charge is -2.36. The van der Waals surface area contributed by atoms with Crippen LogP contribution in [0.2, 0.25) is 0 Å². The standard InChI is InChI=1S/C42H60FN3O3S/c1-2-3-4-5-6-7-8-9-10-11-12-13-14-15-16-17-42(48)49-33-46-38-30-34(18-19-35(38)20-21-41(46)47)22-24-44-25-27-45(28-26-44)39-31-36(43)32-40-37(39)23-29-50-40/h18-19,23,29-32H,2-17,20-22,24-28,33H2,1H3. The van der Waals surface area contributed by atoms with E-state index in [-0.39, 0.29) is 24.4 Å². The van der Waals surface area contributed by atoms with Crippen LogP contribution in [-0.4, -0.2) is 56.2 Å². The Bertz CT molecular complexity index is 1480. The summed E-state index contributed by atoms with van der Waals surface area (Å²) in [5.41, 5.74) is 4.19. The van der Waals surface area contributed by atoms with Crippen LogP contribution in [0.3, 0.4) is 0 Å². The molecule has 8 heteroatoms. The van der Waals surface area contributed by atoms with E-state index in [1.807, 2.05) is 5.38 Å². The molecule has 3 aromatic rings. The first-order chi connectivity index (χ1) is 24.5. The summed E-state index contributed by atoms with van der Waals surface area (Å²) in [6.45, 7) is 6.77. The average molecular weight is 706 g/mol. The van der Waals surface area contributed by atoms with Gasteiger partial charge in [0.05, 0.1) is 5.69 Å². The van der Waals surface area contributed by atoms with Gasteiger partial charge in [-0.25, -0.2) is 4.39 Å². The van der Waals surface area contributed by atoms with Crippen LogP contribution < -0.4 is 9.80 Å². The van der Waals surface area contributed by atoms with Gasteiger partial charge < -0.3 is 9.64 Å². The fraction of sp³-hybridized carbons (Fsp3) is 0.619. The Kier molecular flexibility index (Phi) is 15.9. The Morgan fingerprint density at radius 2 is 1.44 bits per heavy atom. The number of fused-ring (bicyclic) bond motifs is 2. The first-order valence-corrected chi connectivity index (χ1v) is 20.6. The van der Waals surface area contributed by atoms with Crippen LogP contribution in [0.4, 0.5) is 15.8 Å². The number of aryl methyl sites for hydroxylation is 1. The SMILES string of the molecule is CCCCCCCCCCCCCCCCCC(=O)OCN1C(=O)CCc2ccc(CCN3CCN(c4cc(F)cc5sccc45)CC3)cc21. The maximum absolute atomic E-state index is 14.3. The van der Waals surface area contributed by atoms with E-state index in [1.165, 1.54) is 89.0 Å². The molecule has 0 atom stereocenters. The van der Waals surface area contributed by atoms with Gasteiger partial charge in [0.15, 0.2) is 6.73 Å². The summed E-state index contributed by atoms with van der Waals surface area (Å²) in [7, 11) is 0. The molecule has 6 nitrogen and oxygen atoms in total. The van der Waals surface area contributed by atoms with Crippen molar-refractivity contribution in [2.24, 2.45) is 0 Å². The van der Waals surface area contributed by atoms with E-state index in [1.54, 1.807) is 28.4 Å². The molecular formula is C42H60FN3O3S. The minimum Gasteiger partial charge on any atom is -0.444 e. The summed E-state index contributed by atoms with van der Waals surface area (Å²) < 4.78 is 20.9. The number of unbranched alkanes of at least 4 members (excludes halogenated alkanes) is 14. The minimum absolute atomic E-state index is 0.00764. The van der Waals surface area contributed by atoms with E-state index < -0.39 is 0 Å². The minimum atomic E-state index is -0.215. The van der Waals surface area contributed by atoms with Crippen LogP contribution in [0.25, 0.3) is 10.1 Å². The Morgan fingerprint density at radius 1 is 0.780 bits per heavy atom. The summed E-state index contributed by atoms with van der Waals surface area (Å²) >= 11 is 1.58. The molecule has 2 aliphatic rings. The number of nitrogens with zero attached hydrogens (tertiary/aromatic N) is 3. The van der Waals surface area contributed by atoms with Gasteiger partial charge in [0.2, 0.25) is 5.91 Å². The molecule has 0 saturated carbocycles. The summed E-state index contributed by atoms with van der Waals surface area (Å²) in [4.78, 5) is 31.9. The molecule has 3 heterocycles. The zero-order valence-electron chi connectivity index (χ0n) is 30.6. The maximum atomic E-state index is 14.3. The van der Waals surface area contributed by atoms with Crippen molar-refractivity contribution in [1.29, 1.82) is 0 Å². The third-order valence-electron chi connectivity index (χ3n) is 10.6. The Balaban J connectivity index is 0.958. The molecule has 2 aliphatic heterocycles. The van der Waals surface area contributed by atoms with Gasteiger partial charge in [0, 0.05) is 61.3 Å². The number of rotatable bonds is 22. The Hall–Kier alpha value is -2.97. The number of hydrogen-bond donors (Lipinski definition) is 0. The van der Waals surface area contributed by atoms with E-state index >= 15 is 0 Å². The highest BCUT2D eigenvalue weighted by molar-refractivity contribution is 7.17. The molecule has 274 valence electrons. The molecular weight excluding hydrogens is 646 g/mol. The van der Waals surface area contributed by atoms with Gasteiger partial charge in [0.25, 0.3) is 0 Å². The van der Waals surface area contributed by atoms with Gasteiger partial charge in [-0.05, 0) is 60.0 Å². The van der Waals surface area contributed by atoms with Crippen molar-refractivity contribution in [3.8, 4) is 0 Å². The lowest BCUT2D eigenvalue weighted by atomic mass is 9.98. The molecule has 0 radical (unpaired) electrons. The second kappa shape index (κ2) is 20.8. The Labute approximate surface area is 304 Å². The second-order valence-corrected chi connectivity index (χ2v) is 15.4. The monoisotopic (exact) mass is 705 g/mol. The second-order valence-electron chi connectivity index (χ2n) is 14.5. The smallest absolute Gasteiger partial charge is 0.307 e. The number of halogens is 1. The molecule has 50 heavy (non-hydrogen) atoms. The quantitative estimate of drug-likeness (QED) is 0.0769. The molecule has 1 fully saturated rings. The zero-order valence-corrected chi connectivity index (χ0v) is 31.4. The maximum Gasteiger partial charge on any atom is 0.307 e. The zero-order chi connectivity index (χ0) is 35.0. The number of carbonyl (C=O) groups is 2. The highest BCUT2D eigenvalue weighted by Gasteiger charge is 2.26. The van der Waals surface area contributed by atoms with Crippen LogP contribution >= 0.6 is 11.3 Å². The first kappa shape index (κ1) is 38.3. The summed E-state index contributed by atoms with van der Waals surface area (Å²) in [6.07, 6.45) is 21.9. The third kappa shape index (κ3) is 11.8. The number of thiophene rings is 1. The van der Waals surface area contributed by atoms with Crippen LogP contribution in [0.5, 0.6) is 0 Å². The number of hydrogen-bond acceptors (Lipinski definition) is 6. The van der Waals surface area contributed by atoms with Crippen molar-refractivity contribution in [1.82, 2.24) is 4.90 Å². The fourth-order valence-electron chi connectivity index (χ4n) is 7.51. The Morgan fingerprint density at radius 3 is 2.12 bits per heavy atom. The highest BCUT2D eigenvalue weighted by atomic mass is 32.1. The topological polar surface area (TPSA) is 53.1 Å². The lowest BCUT2D eigenvalue weighted by molar-refractivity contribution is -0.144.